The highest BCUT2D eigenvalue weighted by Crippen LogP contribution is 2.08. The number of benzene rings is 2. The molecule has 3 aromatic rings. The van der Waals surface area contributed by atoms with E-state index in [0.29, 0.717) is 18.7 Å². The minimum absolute atomic E-state index is 0. The molecule has 0 aliphatic rings. The SMILES string of the molecule is CCNC(=NCc1cnn(-c2ccccc2)c1)NCCc1cccc(C(=O)NC)c1.I. The first-order chi connectivity index (χ1) is 14.7. The van der Waals surface area contributed by atoms with Gasteiger partial charge in [-0.2, -0.15) is 5.10 Å². The summed E-state index contributed by atoms with van der Waals surface area (Å²) in [4.78, 5) is 16.4. The van der Waals surface area contributed by atoms with Gasteiger partial charge in [-0.15, -0.1) is 24.0 Å². The predicted octanol–water partition coefficient (Wildman–Crippen LogP) is 3.15. The lowest BCUT2D eigenvalue weighted by molar-refractivity contribution is 0.0963. The Hall–Kier alpha value is -2.88. The summed E-state index contributed by atoms with van der Waals surface area (Å²) in [6.07, 6.45) is 4.62. The molecule has 0 fully saturated rings. The summed E-state index contributed by atoms with van der Waals surface area (Å²) in [7, 11) is 1.64. The molecule has 2 aromatic carbocycles. The molecule has 1 aromatic heterocycles. The maximum Gasteiger partial charge on any atom is 0.251 e. The Morgan fingerprint density at radius 2 is 1.87 bits per heavy atom. The topological polar surface area (TPSA) is 83.3 Å². The van der Waals surface area contributed by atoms with E-state index in [1.807, 2.05) is 78.6 Å². The standard InChI is InChI=1S/C23H28N6O.HI/c1-3-25-23(26-13-12-18-8-7-9-20(14-18)22(30)24-2)27-15-19-16-28-29(17-19)21-10-5-4-6-11-21;/h4-11,14,16-17H,3,12-13,15H2,1-2H3,(H,24,30)(H2,25,26,27);1H. The lowest BCUT2D eigenvalue weighted by Gasteiger charge is -2.11. The first-order valence-electron chi connectivity index (χ1n) is 10.1. The minimum atomic E-state index is -0.0734. The number of aromatic nitrogens is 2. The lowest BCUT2D eigenvalue weighted by atomic mass is 10.1. The van der Waals surface area contributed by atoms with E-state index in [4.69, 9.17) is 0 Å². The van der Waals surface area contributed by atoms with Gasteiger partial charge in [0, 0.05) is 37.5 Å². The van der Waals surface area contributed by atoms with Gasteiger partial charge in [-0.3, -0.25) is 4.79 Å². The largest absolute Gasteiger partial charge is 0.357 e. The Labute approximate surface area is 200 Å². The van der Waals surface area contributed by atoms with Crippen molar-refractivity contribution in [3.05, 3.63) is 83.7 Å². The van der Waals surface area contributed by atoms with E-state index >= 15 is 0 Å². The van der Waals surface area contributed by atoms with Gasteiger partial charge < -0.3 is 16.0 Å². The summed E-state index contributed by atoms with van der Waals surface area (Å²) in [5.41, 5.74) is 3.83. The van der Waals surface area contributed by atoms with Crippen LogP contribution in [-0.4, -0.2) is 41.8 Å². The van der Waals surface area contributed by atoms with E-state index in [1.165, 1.54) is 0 Å². The van der Waals surface area contributed by atoms with Crippen LogP contribution >= 0.6 is 24.0 Å². The zero-order valence-corrected chi connectivity index (χ0v) is 20.2. The number of halogens is 1. The fourth-order valence-corrected chi connectivity index (χ4v) is 3.01. The number of para-hydroxylation sites is 1. The van der Waals surface area contributed by atoms with Crippen molar-refractivity contribution in [2.24, 2.45) is 4.99 Å². The fourth-order valence-electron chi connectivity index (χ4n) is 3.01. The van der Waals surface area contributed by atoms with Crippen LogP contribution in [0.3, 0.4) is 0 Å². The van der Waals surface area contributed by atoms with Gasteiger partial charge in [0.1, 0.15) is 0 Å². The maximum absolute atomic E-state index is 11.8. The highest BCUT2D eigenvalue weighted by atomic mass is 127. The van der Waals surface area contributed by atoms with E-state index in [1.54, 1.807) is 7.05 Å². The number of nitrogens with zero attached hydrogens (tertiary/aromatic N) is 3. The van der Waals surface area contributed by atoms with Crippen molar-refractivity contribution in [2.75, 3.05) is 20.1 Å². The molecule has 3 N–H and O–H groups in total. The van der Waals surface area contributed by atoms with Crippen LogP contribution in [0.1, 0.15) is 28.4 Å². The average molecular weight is 532 g/mol. The number of carbonyl (C=O) groups excluding carboxylic acids is 1. The molecule has 164 valence electrons. The third-order valence-corrected chi connectivity index (χ3v) is 4.54. The van der Waals surface area contributed by atoms with Crippen molar-refractivity contribution >= 4 is 35.8 Å². The van der Waals surface area contributed by atoms with Gasteiger partial charge in [0.15, 0.2) is 5.96 Å². The molecule has 0 saturated carbocycles. The van der Waals surface area contributed by atoms with Gasteiger partial charge >= 0.3 is 0 Å². The third-order valence-electron chi connectivity index (χ3n) is 4.54. The molecule has 3 rings (SSSR count). The first kappa shape index (κ1) is 24.4. The quantitative estimate of drug-likeness (QED) is 0.237. The Kier molecular flexibility index (Phi) is 10.0. The second-order valence-electron chi connectivity index (χ2n) is 6.78. The zero-order valence-electron chi connectivity index (χ0n) is 17.8. The van der Waals surface area contributed by atoms with Crippen molar-refractivity contribution in [2.45, 2.75) is 19.9 Å². The lowest BCUT2D eigenvalue weighted by Crippen LogP contribution is -2.38. The molecular formula is C23H29IN6O. The molecule has 0 bridgehead atoms. The monoisotopic (exact) mass is 532 g/mol. The van der Waals surface area contributed by atoms with E-state index in [2.05, 4.69) is 26.0 Å². The van der Waals surface area contributed by atoms with Crippen molar-refractivity contribution in [3.8, 4) is 5.69 Å². The van der Waals surface area contributed by atoms with Crippen LogP contribution < -0.4 is 16.0 Å². The van der Waals surface area contributed by atoms with E-state index < -0.39 is 0 Å². The van der Waals surface area contributed by atoms with E-state index in [-0.39, 0.29) is 29.9 Å². The zero-order chi connectivity index (χ0) is 21.2. The number of guanidine groups is 1. The summed E-state index contributed by atoms with van der Waals surface area (Å²) >= 11 is 0. The summed E-state index contributed by atoms with van der Waals surface area (Å²) < 4.78 is 1.85. The van der Waals surface area contributed by atoms with Gasteiger partial charge in [-0.05, 0) is 43.2 Å². The second-order valence-corrected chi connectivity index (χ2v) is 6.78. The molecular weight excluding hydrogens is 503 g/mol. The number of rotatable bonds is 8. The molecule has 1 amide bonds. The van der Waals surface area contributed by atoms with Crippen molar-refractivity contribution in [1.29, 1.82) is 0 Å². The van der Waals surface area contributed by atoms with E-state index in [9.17, 15) is 4.79 Å². The molecule has 0 aliphatic carbocycles. The number of carbonyl (C=O) groups is 1. The highest BCUT2D eigenvalue weighted by Gasteiger charge is 2.05. The average Bonchev–Trinajstić information content (AvgIpc) is 3.27. The number of hydrogen-bond donors (Lipinski definition) is 3. The molecule has 0 aliphatic heterocycles. The summed E-state index contributed by atoms with van der Waals surface area (Å²) in [5, 5.41) is 13.7. The Balaban J connectivity index is 0.00000341. The Morgan fingerprint density at radius 3 is 2.61 bits per heavy atom. The Morgan fingerprint density at radius 1 is 1.06 bits per heavy atom. The van der Waals surface area contributed by atoms with Crippen LogP contribution in [-0.2, 0) is 13.0 Å². The van der Waals surface area contributed by atoms with Crippen LogP contribution in [0, 0.1) is 0 Å². The fraction of sp³-hybridized carbons (Fsp3) is 0.261. The van der Waals surface area contributed by atoms with Crippen molar-refractivity contribution in [1.82, 2.24) is 25.7 Å². The molecule has 0 saturated heterocycles. The van der Waals surface area contributed by atoms with Crippen molar-refractivity contribution < 1.29 is 4.79 Å². The molecule has 0 spiro atoms. The second kappa shape index (κ2) is 12.7. The number of hydrogen-bond acceptors (Lipinski definition) is 3. The number of amides is 1. The van der Waals surface area contributed by atoms with Crippen LogP contribution in [0.15, 0.2) is 72.0 Å². The Bertz CT molecular complexity index is 986. The number of nitrogens with one attached hydrogen (secondary N) is 3. The molecule has 1 heterocycles. The maximum atomic E-state index is 11.8. The van der Waals surface area contributed by atoms with Gasteiger partial charge in [0.05, 0.1) is 18.4 Å². The summed E-state index contributed by atoms with van der Waals surface area (Å²) in [6, 6.07) is 17.7. The van der Waals surface area contributed by atoms with Crippen LogP contribution in [0.5, 0.6) is 0 Å². The third kappa shape index (κ3) is 7.39. The normalized spacial score (nSPS) is 10.8. The molecule has 0 atom stereocenters. The molecule has 8 heteroatoms. The first-order valence-corrected chi connectivity index (χ1v) is 10.1. The molecule has 7 nitrogen and oxygen atoms in total. The number of aliphatic imine (C=N–C) groups is 1. The van der Waals surface area contributed by atoms with Gasteiger partial charge in [0.25, 0.3) is 5.91 Å². The molecule has 0 radical (unpaired) electrons. The van der Waals surface area contributed by atoms with Crippen molar-refractivity contribution in [3.63, 3.8) is 0 Å². The predicted molar refractivity (Wildman–Crippen MR) is 135 cm³/mol. The minimum Gasteiger partial charge on any atom is -0.357 e. The van der Waals surface area contributed by atoms with Gasteiger partial charge in [0.2, 0.25) is 0 Å². The molecule has 0 unspecified atom stereocenters. The smallest absolute Gasteiger partial charge is 0.251 e. The summed E-state index contributed by atoms with van der Waals surface area (Å²) in [5.74, 6) is 0.683. The van der Waals surface area contributed by atoms with E-state index in [0.717, 1.165) is 35.7 Å². The molecule has 31 heavy (non-hydrogen) atoms. The van der Waals surface area contributed by atoms with Crippen LogP contribution in [0.2, 0.25) is 0 Å². The van der Waals surface area contributed by atoms with Crippen LogP contribution in [0.25, 0.3) is 5.69 Å². The summed E-state index contributed by atoms with van der Waals surface area (Å²) in [6.45, 7) is 4.07. The van der Waals surface area contributed by atoms with Crippen LogP contribution in [0.4, 0.5) is 0 Å². The van der Waals surface area contributed by atoms with Gasteiger partial charge in [-0.25, -0.2) is 9.67 Å². The van der Waals surface area contributed by atoms with Gasteiger partial charge in [-0.1, -0.05) is 30.3 Å². The highest BCUT2D eigenvalue weighted by molar-refractivity contribution is 14.0.